The predicted molar refractivity (Wildman–Crippen MR) is 169 cm³/mol. The lowest BCUT2D eigenvalue weighted by atomic mass is 9.79. The number of aliphatic hydroxyl groups excluding tert-OH is 1. The van der Waals surface area contributed by atoms with Gasteiger partial charge in [-0.1, -0.05) is 36.4 Å². The number of aliphatic hydroxyl groups is 1. The van der Waals surface area contributed by atoms with E-state index >= 15 is 0 Å². The molecule has 1 saturated heterocycles. The Morgan fingerprint density at radius 2 is 1.86 bits per heavy atom. The molecule has 9 nitrogen and oxygen atoms in total. The summed E-state index contributed by atoms with van der Waals surface area (Å²) in [5.41, 5.74) is 4.76. The monoisotopic (exact) mass is 599 g/mol. The van der Waals surface area contributed by atoms with Crippen LogP contribution >= 0.6 is 0 Å². The Kier molecular flexibility index (Phi) is 9.45. The quantitative estimate of drug-likeness (QED) is 0.298. The van der Waals surface area contributed by atoms with E-state index in [0.717, 1.165) is 48.2 Å². The Morgan fingerprint density at radius 3 is 2.66 bits per heavy atom. The van der Waals surface area contributed by atoms with Crippen molar-refractivity contribution in [3.63, 3.8) is 0 Å². The molecule has 6 rings (SSSR count). The number of piperidine rings is 1. The number of carbonyl (C=O) groups is 2. The van der Waals surface area contributed by atoms with E-state index in [1.165, 1.54) is 0 Å². The zero-order chi connectivity index (χ0) is 30.5. The molecule has 2 amide bonds. The van der Waals surface area contributed by atoms with E-state index in [9.17, 15) is 9.59 Å². The third-order valence-corrected chi connectivity index (χ3v) is 8.68. The molecule has 3 aliphatic rings. The molecule has 2 fully saturated rings. The SMILES string of the molecule is COCCCN1C(=O)COc2ccc(N(C(=O)[C@H]3CNCC[C@@H]3c3cccc(-c4cccc(OCCO)c4)c3)C3CC3)cc21. The van der Waals surface area contributed by atoms with E-state index in [4.69, 9.17) is 19.3 Å². The Balaban J connectivity index is 1.27. The first-order valence-electron chi connectivity index (χ1n) is 15.6. The lowest BCUT2D eigenvalue weighted by molar-refractivity contribution is -0.123. The third kappa shape index (κ3) is 6.60. The number of nitrogens with zero attached hydrogens (tertiary/aromatic N) is 2. The summed E-state index contributed by atoms with van der Waals surface area (Å²) in [5.74, 6) is 1.23. The van der Waals surface area contributed by atoms with Crippen molar-refractivity contribution in [3.8, 4) is 22.6 Å². The predicted octanol–water partition coefficient (Wildman–Crippen LogP) is 4.38. The number of hydrogen-bond donors (Lipinski definition) is 2. The lowest BCUT2D eigenvalue weighted by Crippen LogP contribution is -2.47. The average molecular weight is 600 g/mol. The molecule has 232 valence electrons. The maximum Gasteiger partial charge on any atom is 0.265 e. The van der Waals surface area contributed by atoms with Gasteiger partial charge < -0.3 is 34.4 Å². The normalized spacial score (nSPS) is 19.7. The number of rotatable bonds is 12. The van der Waals surface area contributed by atoms with Crippen LogP contribution in [0.2, 0.25) is 0 Å². The number of benzene rings is 3. The highest BCUT2D eigenvalue weighted by Gasteiger charge is 2.41. The van der Waals surface area contributed by atoms with E-state index < -0.39 is 0 Å². The second-order valence-corrected chi connectivity index (χ2v) is 11.7. The van der Waals surface area contributed by atoms with E-state index in [1.54, 1.807) is 12.0 Å². The number of fused-ring (bicyclic) bond motifs is 1. The van der Waals surface area contributed by atoms with E-state index in [0.29, 0.717) is 43.3 Å². The van der Waals surface area contributed by atoms with Crippen LogP contribution in [0.1, 0.15) is 37.2 Å². The van der Waals surface area contributed by atoms with Crippen LogP contribution in [-0.2, 0) is 14.3 Å². The van der Waals surface area contributed by atoms with E-state index in [1.807, 2.05) is 47.4 Å². The van der Waals surface area contributed by atoms with Gasteiger partial charge in [0.2, 0.25) is 5.91 Å². The topological polar surface area (TPSA) is 101 Å². The molecule has 0 unspecified atom stereocenters. The van der Waals surface area contributed by atoms with Crippen molar-refractivity contribution < 1.29 is 28.9 Å². The maximum atomic E-state index is 14.5. The van der Waals surface area contributed by atoms with Crippen LogP contribution in [0.5, 0.6) is 11.5 Å². The van der Waals surface area contributed by atoms with Gasteiger partial charge in [0.25, 0.3) is 5.91 Å². The van der Waals surface area contributed by atoms with Crippen LogP contribution in [-0.4, -0.2) is 76.1 Å². The number of methoxy groups -OCH3 is 1. The van der Waals surface area contributed by atoms with Crippen LogP contribution in [0.15, 0.2) is 66.7 Å². The van der Waals surface area contributed by atoms with Gasteiger partial charge in [-0.15, -0.1) is 0 Å². The molecule has 9 heteroatoms. The van der Waals surface area contributed by atoms with Crippen molar-refractivity contribution >= 4 is 23.2 Å². The first kappa shape index (κ1) is 30.1. The Hall–Kier alpha value is -3.92. The summed E-state index contributed by atoms with van der Waals surface area (Å²) in [4.78, 5) is 31.1. The summed E-state index contributed by atoms with van der Waals surface area (Å²) in [6.45, 7) is 2.78. The van der Waals surface area contributed by atoms with Crippen LogP contribution in [0, 0.1) is 5.92 Å². The van der Waals surface area contributed by atoms with Crippen molar-refractivity contribution in [2.45, 2.75) is 37.6 Å². The smallest absolute Gasteiger partial charge is 0.265 e. The summed E-state index contributed by atoms with van der Waals surface area (Å²) < 4.78 is 16.6. The number of amides is 2. The molecule has 0 aromatic heterocycles. The fourth-order valence-corrected chi connectivity index (χ4v) is 6.38. The largest absolute Gasteiger partial charge is 0.491 e. The highest BCUT2D eigenvalue weighted by molar-refractivity contribution is 6.01. The van der Waals surface area contributed by atoms with Crippen molar-refractivity contribution in [1.29, 1.82) is 0 Å². The number of hydrogen-bond acceptors (Lipinski definition) is 7. The molecule has 0 spiro atoms. The minimum atomic E-state index is -0.231. The number of nitrogens with one attached hydrogen (secondary N) is 1. The Morgan fingerprint density at radius 1 is 1.05 bits per heavy atom. The molecule has 0 radical (unpaired) electrons. The fraction of sp³-hybridized carbons (Fsp3) is 0.429. The summed E-state index contributed by atoms with van der Waals surface area (Å²) in [6, 6.07) is 22.3. The van der Waals surface area contributed by atoms with Gasteiger partial charge in [0.15, 0.2) is 6.61 Å². The third-order valence-electron chi connectivity index (χ3n) is 8.68. The van der Waals surface area contributed by atoms with E-state index in [-0.39, 0.29) is 49.5 Å². The standard InChI is InChI=1S/C35H41N3O6/c1-42-17-4-15-37-32-21-28(11-12-33(32)44-23-34(37)40)38(27-9-10-27)35(41)31-22-36-14-13-30(31)26-7-2-5-24(19-26)25-6-3-8-29(20-25)43-18-16-39/h2-3,5-8,11-12,19-21,27,30-31,36,39H,4,9-10,13-18,22-23H2,1H3/t30-,31+/m1/s1. The van der Waals surface area contributed by atoms with Crippen LogP contribution in [0.3, 0.4) is 0 Å². The molecule has 44 heavy (non-hydrogen) atoms. The van der Waals surface area contributed by atoms with Gasteiger partial charge in [-0.2, -0.15) is 0 Å². The summed E-state index contributed by atoms with van der Waals surface area (Å²) >= 11 is 0. The number of carbonyl (C=O) groups excluding carboxylic acids is 2. The van der Waals surface area contributed by atoms with Crippen molar-refractivity contribution in [2.24, 2.45) is 5.92 Å². The zero-order valence-electron chi connectivity index (χ0n) is 25.2. The minimum absolute atomic E-state index is 0.0130. The molecule has 3 aromatic rings. The van der Waals surface area contributed by atoms with Crippen LogP contribution in [0.4, 0.5) is 11.4 Å². The summed E-state index contributed by atoms with van der Waals surface area (Å²) in [5, 5.41) is 12.6. The molecule has 2 heterocycles. The van der Waals surface area contributed by atoms with Crippen molar-refractivity contribution in [1.82, 2.24) is 5.32 Å². The maximum absolute atomic E-state index is 14.5. The first-order chi connectivity index (χ1) is 21.6. The summed E-state index contributed by atoms with van der Waals surface area (Å²) in [7, 11) is 1.66. The Bertz CT molecular complexity index is 1470. The second kappa shape index (κ2) is 13.8. The molecule has 3 aromatic carbocycles. The molecule has 1 aliphatic carbocycles. The molecular weight excluding hydrogens is 558 g/mol. The number of anilines is 2. The van der Waals surface area contributed by atoms with Crippen molar-refractivity contribution in [3.05, 3.63) is 72.3 Å². The molecule has 0 bridgehead atoms. The van der Waals surface area contributed by atoms with Gasteiger partial charge >= 0.3 is 0 Å². The molecule has 2 atom stereocenters. The number of ether oxygens (including phenoxy) is 3. The fourth-order valence-electron chi connectivity index (χ4n) is 6.38. The van der Waals surface area contributed by atoms with Gasteiger partial charge in [0.05, 0.1) is 18.2 Å². The highest BCUT2D eigenvalue weighted by atomic mass is 16.5. The molecule has 1 saturated carbocycles. The average Bonchev–Trinajstić information content (AvgIpc) is 3.90. The van der Waals surface area contributed by atoms with Gasteiger partial charge in [-0.05, 0) is 85.2 Å². The molecular formula is C35H41N3O6. The van der Waals surface area contributed by atoms with Crippen LogP contribution in [0.25, 0.3) is 11.1 Å². The Labute approximate surface area is 258 Å². The second-order valence-electron chi connectivity index (χ2n) is 11.7. The van der Waals surface area contributed by atoms with Crippen LogP contribution < -0.4 is 24.6 Å². The molecule has 2 N–H and O–H groups in total. The highest BCUT2D eigenvalue weighted by Crippen LogP contribution is 2.42. The van der Waals surface area contributed by atoms with Gasteiger partial charge in [0.1, 0.15) is 18.1 Å². The summed E-state index contributed by atoms with van der Waals surface area (Å²) in [6.07, 6.45) is 3.50. The zero-order valence-corrected chi connectivity index (χ0v) is 25.2. The van der Waals surface area contributed by atoms with Gasteiger partial charge in [-0.25, -0.2) is 0 Å². The van der Waals surface area contributed by atoms with E-state index in [2.05, 4.69) is 29.6 Å². The van der Waals surface area contributed by atoms with Crippen molar-refractivity contribution in [2.75, 3.05) is 63.0 Å². The van der Waals surface area contributed by atoms with Gasteiger partial charge in [-0.3, -0.25) is 9.59 Å². The van der Waals surface area contributed by atoms with Gasteiger partial charge in [0, 0.05) is 38.5 Å². The first-order valence-corrected chi connectivity index (χ1v) is 15.6. The molecule has 2 aliphatic heterocycles. The lowest BCUT2D eigenvalue weighted by Gasteiger charge is -2.36. The minimum Gasteiger partial charge on any atom is -0.491 e.